The molecule has 0 fully saturated rings. The van der Waals surface area contributed by atoms with Gasteiger partial charge in [-0.25, -0.2) is 0 Å². The van der Waals surface area contributed by atoms with Crippen LogP contribution in [0.25, 0.3) is 0 Å². The molecule has 81 heavy (non-hydrogen) atoms. The van der Waals surface area contributed by atoms with Crippen molar-refractivity contribution < 1.29 is 28.6 Å². The molecule has 0 radical (unpaired) electrons. The van der Waals surface area contributed by atoms with Crippen LogP contribution in [0.5, 0.6) is 0 Å². The third-order valence-electron chi connectivity index (χ3n) is 13.8. The fourth-order valence-corrected chi connectivity index (χ4v) is 8.85. The molecule has 458 valence electrons. The average molecular weight is 1120 g/mol. The first kappa shape index (κ1) is 76.3. The first-order valence-electron chi connectivity index (χ1n) is 33.3. The Hall–Kier alpha value is -4.71. The lowest BCUT2D eigenvalue weighted by Gasteiger charge is -2.18. The summed E-state index contributed by atoms with van der Waals surface area (Å²) >= 11 is 0. The third kappa shape index (κ3) is 66.0. The van der Waals surface area contributed by atoms with Gasteiger partial charge in [0.1, 0.15) is 13.2 Å². The van der Waals surface area contributed by atoms with Gasteiger partial charge in [-0.3, -0.25) is 14.4 Å². The van der Waals surface area contributed by atoms with E-state index in [9.17, 15) is 14.4 Å². The highest BCUT2D eigenvalue weighted by atomic mass is 16.6. The predicted molar refractivity (Wildman–Crippen MR) is 352 cm³/mol. The minimum atomic E-state index is -0.793. The van der Waals surface area contributed by atoms with Crippen molar-refractivity contribution in [1.29, 1.82) is 0 Å². The smallest absolute Gasteiger partial charge is 0.306 e. The summed E-state index contributed by atoms with van der Waals surface area (Å²) in [6.07, 6.45) is 97.4. The van der Waals surface area contributed by atoms with E-state index in [0.29, 0.717) is 19.3 Å². The molecule has 0 aromatic carbocycles. The van der Waals surface area contributed by atoms with Gasteiger partial charge in [0.15, 0.2) is 6.10 Å². The topological polar surface area (TPSA) is 78.9 Å². The summed E-state index contributed by atoms with van der Waals surface area (Å²) in [6.45, 7) is 6.45. The van der Waals surface area contributed by atoms with E-state index >= 15 is 0 Å². The van der Waals surface area contributed by atoms with Crippen LogP contribution in [0, 0.1) is 0 Å². The van der Waals surface area contributed by atoms with Gasteiger partial charge < -0.3 is 14.2 Å². The Morgan fingerprint density at radius 1 is 0.259 bits per heavy atom. The van der Waals surface area contributed by atoms with E-state index in [-0.39, 0.29) is 31.1 Å². The molecule has 0 aliphatic rings. The summed E-state index contributed by atoms with van der Waals surface area (Å²) in [4.78, 5) is 38.1. The highest BCUT2D eigenvalue weighted by molar-refractivity contribution is 5.71. The lowest BCUT2D eigenvalue weighted by Crippen LogP contribution is -2.30. The lowest BCUT2D eigenvalue weighted by atomic mass is 10.1. The SMILES string of the molecule is CC/C=C\C/C=C\C/C=C\C/C=C\C/C=C\C/C=C\C/C=C\C/C=C\C/C=C\CCCCCCCCCC(=O)OCC(COC(=O)CCCCCCCCC)OC(=O)CCCCCCCC/C=C\C/C=C\C/C=C\CCCCCCC. The van der Waals surface area contributed by atoms with Crippen molar-refractivity contribution in [2.24, 2.45) is 0 Å². The normalized spacial score (nSPS) is 13.1. The van der Waals surface area contributed by atoms with Gasteiger partial charge in [-0.1, -0.05) is 289 Å². The number of ether oxygens (including phenoxy) is 3. The highest BCUT2D eigenvalue weighted by Gasteiger charge is 2.19. The minimum Gasteiger partial charge on any atom is -0.462 e. The Bertz CT molecular complexity index is 1760. The molecule has 0 aromatic rings. The molecule has 1 atom stereocenters. The molecule has 0 bridgehead atoms. The molecular formula is C75H122O6. The van der Waals surface area contributed by atoms with E-state index < -0.39 is 6.10 Å². The van der Waals surface area contributed by atoms with Gasteiger partial charge in [0.25, 0.3) is 0 Å². The molecule has 0 rings (SSSR count). The summed E-state index contributed by atoms with van der Waals surface area (Å²) in [5.41, 5.74) is 0. The van der Waals surface area contributed by atoms with E-state index in [2.05, 4.69) is 167 Å². The van der Waals surface area contributed by atoms with Crippen molar-refractivity contribution in [2.45, 2.75) is 297 Å². The van der Waals surface area contributed by atoms with Crippen LogP contribution < -0.4 is 0 Å². The molecule has 0 saturated heterocycles. The van der Waals surface area contributed by atoms with E-state index in [1.165, 1.54) is 103 Å². The average Bonchev–Trinajstić information content (AvgIpc) is 3.47. The molecule has 6 heteroatoms. The van der Waals surface area contributed by atoms with Gasteiger partial charge in [-0.05, 0) is 128 Å². The fraction of sp³-hybridized carbons (Fsp3) is 0.640. The molecule has 0 amide bonds. The maximum atomic E-state index is 12.9. The van der Waals surface area contributed by atoms with Gasteiger partial charge in [0.2, 0.25) is 0 Å². The number of carbonyl (C=O) groups excluding carboxylic acids is 3. The predicted octanol–water partition coefficient (Wildman–Crippen LogP) is 23.1. The molecule has 0 N–H and O–H groups in total. The van der Waals surface area contributed by atoms with E-state index in [1.807, 2.05) is 0 Å². The van der Waals surface area contributed by atoms with Gasteiger partial charge >= 0.3 is 17.9 Å². The Balaban J connectivity index is 4.19. The monoisotopic (exact) mass is 1120 g/mol. The molecule has 0 aliphatic heterocycles. The zero-order valence-corrected chi connectivity index (χ0v) is 52.5. The van der Waals surface area contributed by atoms with Crippen LogP contribution in [0.15, 0.2) is 146 Å². The minimum absolute atomic E-state index is 0.0896. The largest absolute Gasteiger partial charge is 0.462 e. The summed E-state index contributed by atoms with van der Waals surface area (Å²) < 4.78 is 16.8. The van der Waals surface area contributed by atoms with Crippen molar-refractivity contribution in [3.05, 3.63) is 146 Å². The zero-order valence-electron chi connectivity index (χ0n) is 52.5. The number of hydrogen-bond acceptors (Lipinski definition) is 6. The molecule has 0 spiro atoms. The number of hydrogen-bond donors (Lipinski definition) is 0. The van der Waals surface area contributed by atoms with E-state index in [0.717, 1.165) is 148 Å². The zero-order chi connectivity index (χ0) is 58.5. The van der Waals surface area contributed by atoms with Crippen molar-refractivity contribution in [2.75, 3.05) is 13.2 Å². The molecule has 0 saturated carbocycles. The molecule has 0 aromatic heterocycles. The maximum Gasteiger partial charge on any atom is 0.306 e. The summed E-state index contributed by atoms with van der Waals surface area (Å²) in [6, 6.07) is 0. The second-order valence-electron chi connectivity index (χ2n) is 21.6. The fourth-order valence-electron chi connectivity index (χ4n) is 8.85. The lowest BCUT2D eigenvalue weighted by molar-refractivity contribution is -0.167. The standard InChI is InChI=1S/C75H122O6/c1-4-7-10-13-16-18-20-22-24-26-28-30-31-32-33-34-35-36-37-38-39-40-41-42-43-45-46-48-50-52-54-56-59-62-65-68-74(77)80-71-72(70-79-73(76)67-64-61-58-15-12-9-6-3)81-75(78)69-66-63-60-57-55-53-51-49-47-44-29-27-25-23-21-19-17-14-11-8-5-2/h7,10,16,18,21-24,27-30,32-33,35-36,38-39,41-42,45-47,49,72H,4-6,8-9,11-15,17,19-20,25-26,31,34,37,40,43-44,48,50-71H2,1-3H3/b10-7-,18-16-,23-21-,24-22-,29-27-,30-28-,33-32-,36-35-,39-38-,42-41-,46-45-,49-47-. The van der Waals surface area contributed by atoms with Crippen molar-refractivity contribution in [3.8, 4) is 0 Å². The van der Waals surface area contributed by atoms with Crippen LogP contribution in [-0.4, -0.2) is 37.2 Å². The van der Waals surface area contributed by atoms with Crippen LogP contribution in [0.1, 0.15) is 290 Å². The van der Waals surface area contributed by atoms with Crippen LogP contribution in [0.2, 0.25) is 0 Å². The van der Waals surface area contributed by atoms with E-state index in [4.69, 9.17) is 14.2 Å². The van der Waals surface area contributed by atoms with Gasteiger partial charge in [0.05, 0.1) is 0 Å². The van der Waals surface area contributed by atoms with Crippen molar-refractivity contribution in [3.63, 3.8) is 0 Å². The van der Waals surface area contributed by atoms with Crippen molar-refractivity contribution in [1.82, 2.24) is 0 Å². The Morgan fingerprint density at radius 2 is 0.481 bits per heavy atom. The van der Waals surface area contributed by atoms with E-state index in [1.54, 1.807) is 0 Å². The molecule has 0 heterocycles. The quantitative estimate of drug-likeness (QED) is 0.0261. The Labute approximate surface area is 499 Å². The number of esters is 3. The summed E-state index contributed by atoms with van der Waals surface area (Å²) in [7, 11) is 0. The number of carbonyl (C=O) groups is 3. The van der Waals surface area contributed by atoms with Crippen LogP contribution in [-0.2, 0) is 28.6 Å². The molecule has 6 nitrogen and oxygen atoms in total. The summed E-state index contributed by atoms with van der Waals surface area (Å²) in [5, 5.41) is 0. The highest BCUT2D eigenvalue weighted by Crippen LogP contribution is 2.15. The van der Waals surface area contributed by atoms with Crippen molar-refractivity contribution >= 4 is 17.9 Å². The van der Waals surface area contributed by atoms with Gasteiger partial charge in [0, 0.05) is 19.3 Å². The third-order valence-corrected chi connectivity index (χ3v) is 13.8. The number of unbranched alkanes of at least 4 members (excludes halogenated alkanes) is 24. The Kier molecular flexibility index (Phi) is 63.9. The second-order valence-corrected chi connectivity index (χ2v) is 21.6. The van der Waals surface area contributed by atoms with Crippen LogP contribution in [0.3, 0.4) is 0 Å². The van der Waals surface area contributed by atoms with Crippen LogP contribution in [0.4, 0.5) is 0 Å². The second kappa shape index (κ2) is 67.8. The number of allylic oxidation sites excluding steroid dienone is 24. The van der Waals surface area contributed by atoms with Crippen LogP contribution >= 0.6 is 0 Å². The first-order chi connectivity index (χ1) is 40.0. The summed E-state index contributed by atoms with van der Waals surface area (Å²) in [5.74, 6) is -0.920. The number of rotatable bonds is 59. The molecule has 1 unspecified atom stereocenters. The molecule has 0 aliphatic carbocycles. The Morgan fingerprint density at radius 3 is 0.753 bits per heavy atom. The molecular weight excluding hydrogens is 997 g/mol. The van der Waals surface area contributed by atoms with Gasteiger partial charge in [-0.15, -0.1) is 0 Å². The maximum absolute atomic E-state index is 12.9. The first-order valence-corrected chi connectivity index (χ1v) is 33.3. The van der Waals surface area contributed by atoms with Gasteiger partial charge in [-0.2, -0.15) is 0 Å².